The second kappa shape index (κ2) is 14.0. The van der Waals surface area contributed by atoms with Crippen molar-refractivity contribution in [1.82, 2.24) is 15.3 Å². The van der Waals surface area contributed by atoms with Crippen LogP contribution in [0.2, 0.25) is 0 Å². The smallest absolute Gasteiger partial charge is 0.325 e. The van der Waals surface area contributed by atoms with Crippen molar-refractivity contribution in [3.05, 3.63) is 83.7 Å². The molecular weight excluding hydrogens is 520 g/mol. The van der Waals surface area contributed by atoms with Crippen LogP contribution in [-0.2, 0) is 25.6 Å². The van der Waals surface area contributed by atoms with Crippen LogP contribution < -0.4 is 10.6 Å². The number of anilines is 1. The van der Waals surface area contributed by atoms with Crippen molar-refractivity contribution < 1.29 is 28.9 Å². The van der Waals surface area contributed by atoms with E-state index in [-0.39, 0.29) is 37.9 Å². The van der Waals surface area contributed by atoms with Crippen LogP contribution in [0.25, 0.3) is 0 Å². The van der Waals surface area contributed by atoms with Crippen molar-refractivity contribution in [2.24, 2.45) is 5.92 Å². The fourth-order valence-corrected chi connectivity index (χ4v) is 5.06. The van der Waals surface area contributed by atoms with Gasteiger partial charge in [0.05, 0.1) is 25.4 Å². The highest BCUT2D eigenvalue weighted by Gasteiger charge is 2.38. The lowest BCUT2D eigenvalue weighted by Gasteiger charge is -2.41. The first kappa shape index (κ1) is 28.5. The molecule has 0 spiro atoms. The van der Waals surface area contributed by atoms with Crippen molar-refractivity contribution in [3.63, 3.8) is 0 Å². The minimum Gasteiger partial charge on any atom is -0.465 e. The summed E-state index contributed by atoms with van der Waals surface area (Å²) < 4.78 is 17.7. The van der Waals surface area contributed by atoms with Gasteiger partial charge in [-0.3, -0.25) is 4.79 Å². The third kappa shape index (κ3) is 7.99. The van der Waals surface area contributed by atoms with Gasteiger partial charge in [0.1, 0.15) is 6.54 Å². The summed E-state index contributed by atoms with van der Waals surface area (Å²) in [4.78, 5) is 32.2. The number of urea groups is 1. The van der Waals surface area contributed by atoms with E-state index < -0.39 is 18.3 Å². The van der Waals surface area contributed by atoms with Crippen LogP contribution in [-0.4, -0.2) is 52.1 Å². The monoisotopic (exact) mass is 552 g/mol. The number of aliphatic hydroxyl groups excluding tert-OH is 1. The minimum absolute atomic E-state index is 0.0231. The van der Waals surface area contributed by atoms with Crippen LogP contribution in [0.3, 0.4) is 0 Å². The van der Waals surface area contributed by atoms with E-state index in [9.17, 15) is 14.7 Å². The summed E-state index contributed by atoms with van der Waals surface area (Å²) in [5.74, 6) is 0.161. The lowest BCUT2D eigenvalue weighted by atomic mass is 9.91. The maximum Gasteiger partial charge on any atom is 0.325 e. The predicted octanol–water partition coefficient (Wildman–Crippen LogP) is 4.24. The zero-order chi connectivity index (χ0) is 27.6. The summed E-state index contributed by atoms with van der Waals surface area (Å²) in [5.41, 5.74) is 3.17. The van der Waals surface area contributed by atoms with E-state index in [0.29, 0.717) is 16.6 Å². The summed E-state index contributed by atoms with van der Waals surface area (Å²) >= 11 is 1.53. The second-order valence-electron chi connectivity index (χ2n) is 8.90. The Hall–Kier alpha value is -3.51. The van der Waals surface area contributed by atoms with Crippen LogP contribution in [0.5, 0.6) is 0 Å². The fraction of sp³-hybridized carbons (Fsp3) is 0.357. The third-order valence-electron chi connectivity index (χ3n) is 6.18. The van der Waals surface area contributed by atoms with E-state index in [4.69, 9.17) is 14.2 Å². The topological polar surface area (TPSA) is 132 Å². The van der Waals surface area contributed by atoms with E-state index in [0.717, 1.165) is 16.7 Å². The molecule has 0 saturated carbocycles. The first-order valence-corrected chi connectivity index (χ1v) is 13.7. The Morgan fingerprint density at radius 2 is 1.72 bits per heavy atom. The SMILES string of the molecule is CCOC(=O)CNC(=O)Nc1ccc([C@H]2O[C@@H](CSc3ncccn3)[C@@H](C)[C@@H](c3ccc(CO)cc3)O2)cc1. The lowest BCUT2D eigenvalue weighted by Crippen LogP contribution is -2.38. The molecule has 2 heterocycles. The highest BCUT2D eigenvalue weighted by molar-refractivity contribution is 7.99. The molecule has 2 aromatic carbocycles. The van der Waals surface area contributed by atoms with Crippen LogP contribution in [0.15, 0.2) is 72.1 Å². The average molecular weight is 553 g/mol. The minimum atomic E-state index is -0.641. The number of thioether (sulfide) groups is 1. The number of amides is 2. The molecule has 10 nitrogen and oxygen atoms in total. The number of aromatic nitrogens is 2. The molecule has 0 radical (unpaired) electrons. The predicted molar refractivity (Wildman–Crippen MR) is 146 cm³/mol. The molecule has 0 bridgehead atoms. The number of esters is 1. The van der Waals surface area contributed by atoms with Gasteiger partial charge in [-0.05, 0) is 36.2 Å². The zero-order valence-electron chi connectivity index (χ0n) is 21.8. The molecule has 1 aliphatic heterocycles. The molecule has 2 amide bonds. The van der Waals surface area contributed by atoms with Crippen LogP contribution in [0.1, 0.15) is 42.9 Å². The van der Waals surface area contributed by atoms with Gasteiger partial charge in [-0.2, -0.15) is 0 Å². The Bertz CT molecular complexity index is 1210. The van der Waals surface area contributed by atoms with E-state index >= 15 is 0 Å². The number of hydrogen-bond acceptors (Lipinski definition) is 9. The molecule has 206 valence electrons. The Balaban J connectivity index is 1.46. The zero-order valence-corrected chi connectivity index (χ0v) is 22.6. The van der Waals surface area contributed by atoms with Crippen LogP contribution >= 0.6 is 11.8 Å². The molecule has 0 aliphatic carbocycles. The summed E-state index contributed by atoms with van der Waals surface area (Å²) in [5, 5.41) is 15.3. The van der Waals surface area contributed by atoms with Crippen molar-refractivity contribution >= 4 is 29.4 Å². The maximum atomic E-state index is 12.1. The van der Waals surface area contributed by atoms with E-state index in [2.05, 4.69) is 27.5 Å². The Kier molecular flexibility index (Phi) is 10.3. The number of aliphatic hydroxyl groups is 1. The van der Waals surface area contributed by atoms with Gasteiger partial charge in [-0.15, -0.1) is 0 Å². The first-order valence-electron chi connectivity index (χ1n) is 12.7. The number of rotatable bonds is 10. The average Bonchev–Trinajstić information content (AvgIpc) is 2.97. The van der Waals surface area contributed by atoms with Gasteiger partial charge in [0.2, 0.25) is 0 Å². The van der Waals surface area contributed by atoms with Gasteiger partial charge in [-0.25, -0.2) is 14.8 Å². The van der Waals surface area contributed by atoms with Crippen molar-refractivity contribution in [3.8, 4) is 0 Å². The molecule has 1 saturated heterocycles. The van der Waals surface area contributed by atoms with Gasteiger partial charge in [0.25, 0.3) is 0 Å². The number of nitrogens with zero attached hydrogens (tertiary/aromatic N) is 2. The molecule has 3 N–H and O–H groups in total. The molecule has 1 aromatic heterocycles. The van der Waals surface area contributed by atoms with Gasteiger partial charge in [-0.1, -0.05) is 55.1 Å². The van der Waals surface area contributed by atoms with Crippen molar-refractivity contribution in [2.45, 2.75) is 44.1 Å². The Labute approximate surface area is 231 Å². The molecule has 3 aromatic rings. The standard InChI is InChI=1S/C28H32N4O6S/c1-3-36-24(34)15-31-27(35)32-22-11-9-21(10-12-22)26-37-23(17-39-28-29-13-4-14-30-28)18(2)25(38-26)20-7-5-19(16-33)6-8-20/h4-14,18,23,25-26,33H,3,15-17H2,1-2H3,(H2,31,32,35)/t18-,23+,25+,26+/m1/s1. The van der Waals surface area contributed by atoms with Gasteiger partial charge < -0.3 is 30.0 Å². The van der Waals surface area contributed by atoms with E-state index in [1.54, 1.807) is 37.5 Å². The van der Waals surface area contributed by atoms with Gasteiger partial charge in [0, 0.05) is 35.3 Å². The van der Waals surface area contributed by atoms with E-state index in [1.165, 1.54) is 11.8 Å². The number of ether oxygens (including phenoxy) is 3. The Morgan fingerprint density at radius 1 is 1.03 bits per heavy atom. The number of hydrogen-bond donors (Lipinski definition) is 3. The summed E-state index contributed by atoms with van der Waals surface area (Å²) in [6.45, 7) is 3.81. The second-order valence-corrected chi connectivity index (χ2v) is 9.89. The normalized spacial score (nSPS) is 20.7. The van der Waals surface area contributed by atoms with Crippen LogP contribution in [0, 0.1) is 5.92 Å². The summed E-state index contributed by atoms with van der Waals surface area (Å²) in [6, 6.07) is 16.2. The highest BCUT2D eigenvalue weighted by Crippen LogP contribution is 2.42. The largest absolute Gasteiger partial charge is 0.465 e. The molecule has 1 aliphatic rings. The number of carbonyl (C=O) groups is 2. The number of benzene rings is 2. The molecule has 4 atom stereocenters. The number of nitrogens with one attached hydrogen (secondary N) is 2. The third-order valence-corrected chi connectivity index (χ3v) is 7.15. The summed E-state index contributed by atoms with van der Waals surface area (Å²) in [7, 11) is 0. The maximum absolute atomic E-state index is 12.1. The molecule has 0 unspecified atom stereocenters. The van der Waals surface area contributed by atoms with Gasteiger partial charge >= 0.3 is 12.0 Å². The quantitative estimate of drug-likeness (QED) is 0.192. The van der Waals surface area contributed by atoms with Crippen molar-refractivity contribution in [2.75, 3.05) is 24.2 Å². The summed E-state index contributed by atoms with van der Waals surface area (Å²) in [6.07, 6.45) is 2.38. The van der Waals surface area contributed by atoms with Crippen LogP contribution in [0.4, 0.5) is 10.5 Å². The lowest BCUT2D eigenvalue weighted by molar-refractivity contribution is -0.268. The molecule has 39 heavy (non-hydrogen) atoms. The Morgan fingerprint density at radius 3 is 2.38 bits per heavy atom. The molecule has 4 rings (SSSR count). The van der Waals surface area contributed by atoms with Crippen molar-refractivity contribution in [1.29, 1.82) is 0 Å². The van der Waals surface area contributed by atoms with Gasteiger partial charge in [0.15, 0.2) is 11.4 Å². The fourth-order valence-electron chi connectivity index (χ4n) is 4.09. The molecule has 11 heteroatoms. The highest BCUT2D eigenvalue weighted by atomic mass is 32.2. The molecular formula is C28H32N4O6S. The molecule has 1 fully saturated rings. The number of carbonyl (C=O) groups excluding carboxylic acids is 2. The van der Waals surface area contributed by atoms with E-state index in [1.807, 2.05) is 36.4 Å². The first-order chi connectivity index (χ1) is 19.0.